The van der Waals surface area contributed by atoms with Gasteiger partial charge in [-0.2, -0.15) is 0 Å². The van der Waals surface area contributed by atoms with Gasteiger partial charge in [0.05, 0.1) is 25.9 Å². The fourth-order valence-electron chi connectivity index (χ4n) is 2.04. The molecule has 0 N–H and O–H groups in total. The maximum absolute atomic E-state index is 11.4. The van der Waals surface area contributed by atoms with Gasteiger partial charge in [-0.3, -0.25) is 0 Å². The second-order valence-corrected chi connectivity index (χ2v) is 17.3. The van der Waals surface area contributed by atoms with Crippen molar-refractivity contribution in [3.8, 4) is 0 Å². The first-order valence-corrected chi connectivity index (χ1v) is 15.9. The summed E-state index contributed by atoms with van der Waals surface area (Å²) in [7, 11) is 2.21. The van der Waals surface area contributed by atoms with Gasteiger partial charge in [-0.25, -0.2) is 0 Å². The van der Waals surface area contributed by atoms with E-state index in [2.05, 4.69) is 46.9 Å². The second-order valence-electron chi connectivity index (χ2n) is 4.12. The molecule has 1 heterocycles. The summed E-state index contributed by atoms with van der Waals surface area (Å²) < 4.78 is 27.1. The fraction of sp³-hybridized carbons (Fsp3) is 1.00. The summed E-state index contributed by atoms with van der Waals surface area (Å²) in [6, 6.07) is 0. The van der Waals surface area contributed by atoms with Crippen LogP contribution in [-0.4, -0.2) is 39.2 Å². The first-order chi connectivity index (χ1) is 8.51. The summed E-state index contributed by atoms with van der Waals surface area (Å²) in [5.41, 5.74) is 0. The van der Waals surface area contributed by atoms with E-state index in [-0.39, 0.29) is 18.1 Å². The Balaban J connectivity index is 0.000000873. The normalized spacial score (nSPS) is 31.6. The third-order valence-electron chi connectivity index (χ3n) is 3.18. The van der Waals surface area contributed by atoms with Crippen molar-refractivity contribution >= 4 is 48.0 Å². The first-order valence-electron chi connectivity index (χ1n) is 5.57. The van der Waals surface area contributed by atoms with Crippen LogP contribution in [0.1, 0.15) is 13.8 Å². The van der Waals surface area contributed by atoms with Gasteiger partial charge in [0.25, 0.3) is 0 Å². The van der Waals surface area contributed by atoms with Crippen LogP contribution in [0.15, 0.2) is 0 Å². The summed E-state index contributed by atoms with van der Waals surface area (Å²) in [5, 5.41) is 0. The summed E-state index contributed by atoms with van der Waals surface area (Å²) in [6.07, 6.45) is 0.815. The number of hydrogen-bond donors (Lipinski definition) is 0. The first kappa shape index (κ1) is 20.0. The van der Waals surface area contributed by atoms with Crippen LogP contribution in [0.4, 0.5) is 0 Å². The quantitative estimate of drug-likeness (QED) is 0.393. The van der Waals surface area contributed by atoms with Gasteiger partial charge in [0.1, 0.15) is 0 Å². The van der Waals surface area contributed by atoms with E-state index in [0.29, 0.717) is 28.2 Å². The van der Waals surface area contributed by atoms with E-state index >= 15 is 0 Å². The van der Waals surface area contributed by atoms with Crippen molar-refractivity contribution in [2.75, 3.05) is 27.0 Å². The maximum atomic E-state index is 11.4. The topological polar surface area (TPSA) is 44.8 Å². The molecular weight excluding hydrogens is 520 g/mol. The van der Waals surface area contributed by atoms with Crippen LogP contribution in [0.25, 0.3) is 0 Å². The molecular formula is C10H20I2O4PV+. The zero-order valence-electron chi connectivity index (χ0n) is 11.0. The Hall–Kier alpha value is 2.02. The van der Waals surface area contributed by atoms with Crippen LogP contribution in [0.5, 0.6) is 0 Å². The Kier molecular flexibility index (Phi) is 13.0. The van der Waals surface area contributed by atoms with E-state index in [1.807, 2.05) is 6.92 Å². The number of halogens is 2. The second kappa shape index (κ2) is 11.7. The van der Waals surface area contributed by atoms with E-state index in [9.17, 15) is 4.57 Å². The average Bonchev–Trinajstić information content (AvgIpc) is 2.58. The van der Waals surface area contributed by atoms with Crippen LogP contribution in [0, 0.1) is 11.8 Å². The molecule has 1 aliphatic rings. The SMILES string of the molecule is COCC1OC(C)C(C)C1C[P+](=O)OC.[I][V][I]. The zero-order chi connectivity index (χ0) is 14.1. The summed E-state index contributed by atoms with van der Waals surface area (Å²) in [6.45, 7) is 4.74. The van der Waals surface area contributed by atoms with E-state index < -0.39 is 8.03 Å². The molecule has 0 bridgehead atoms. The zero-order valence-corrected chi connectivity index (χ0v) is 17.6. The molecule has 1 fully saturated rings. The molecule has 0 aromatic heterocycles. The number of rotatable bonds is 5. The van der Waals surface area contributed by atoms with Gasteiger partial charge in [0.15, 0.2) is 6.16 Å². The molecule has 0 aromatic rings. The van der Waals surface area contributed by atoms with Crippen molar-refractivity contribution < 1.29 is 28.0 Å². The Morgan fingerprint density at radius 3 is 2.33 bits per heavy atom. The van der Waals surface area contributed by atoms with Crippen molar-refractivity contribution in [3.63, 3.8) is 0 Å². The predicted octanol–water partition coefficient (Wildman–Crippen LogP) is 3.83. The minimum atomic E-state index is -1.56. The molecule has 18 heavy (non-hydrogen) atoms. The molecule has 1 saturated heterocycles. The van der Waals surface area contributed by atoms with Crippen LogP contribution < -0.4 is 0 Å². The monoisotopic (exact) mass is 540 g/mol. The Labute approximate surface area is 139 Å². The summed E-state index contributed by atoms with van der Waals surface area (Å²) in [4.78, 5) is 0. The molecule has 0 saturated carbocycles. The molecule has 0 amide bonds. The van der Waals surface area contributed by atoms with Crippen LogP contribution in [-0.2, 0) is 28.0 Å². The Morgan fingerprint density at radius 1 is 1.33 bits per heavy atom. The van der Waals surface area contributed by atoms with E-state index in [1.54, 1.807) is 7.11 Å². The average molecular weight is 540 g/mol. The van der Waals surface area contributed by atoms with E-state index in [4.69, 9.17) is 14.0 Å². The standard InChI is InChI=1S/C10H20O4P.2HI.V/c1-7-8(2)14-10(5-12-3)9(7)6-15(11)13-4;;;/h7-10H,5-6H2,1-4H3;2*1H;/q+1;;;+2/p-2. The molecule has 0 aromatic carbocycles. The van der Waals surface area contributed by atoms with Gasteiger partial charge < -0.3 is 9.47 Å². The van der Waals surface area contributed by atoms with Crippen molar-refractivity contribution in [2.45, 2.75) is 26.1 Å². The van der Waals surface area contributed by atoms with Crippen LogP contribution >= 0.6 is 48.0 Å². The third-order valence-corrected chi connectivity index (χ3v) is 4.30. The molecule has 4 nitrogen and oxygen atoms in total. The number of hydrogen-bond acceptors (Lipinski definition) is 4. The van der Waals surface area contributed by atoms with E-state index in [0.717, 1.165) is 0 Å². The van der Waals surface area contributed by atoms with Gasteiger partial charge >= 0.3 is 57.5 Å². The molecule has 5 unspecified atom stereocenters. The van der Waals surface area contributed by atoms with Gasteiger partial charge in [0, 0.05) is 13.0 Å². The Bertz CT molecular complexity index is 248. The molecule has 1 aliphatic heterocycles. The molecule has 0 spiro atoms. The molecule has 8 heteroatoms. The molecule has 5 atom stereocenters. The fourth-order valence-corrected chi connectivity index (χ4v) is 3.11. The number of methoxy groups -OCH3 is 1. The number of ether oxygens (including phenoxy) is 2. The van der Waals surface area contributed by atoms with Gasteiger partial charge in [-0.15, -0.1) is 4.52 Å². The third kappa shape index (κ3) is 7.15. The van der Waals surface area contributed by atoms with E-state index in [1.165, 1.54) is 7.11 Å². The molecule has 1 rings (SSSR count). The van der Waals surface area contributed by atoms with Crippen LogP contribution in [0.2, 0.25) is 0 Å². The molecule has 107 valence electrons. The van der Waals surface area contributed by atoms with Crippen molar-refractivity contribution in [1.29, 1.82) is 0 Å². The van der Waals surface area contributed by atoms with Gasteiger partial charge in [-0.1, -0.05) is 6.92 Å². The predicted molar refractivity (Wildman–Crippen MR) is 86.4 cm³/mol. The van der Waals surface area contributed by atoms with Crippen molar-refractivity contribution in [1.82, 2.24) is 0 Å². The van der Waals surface area contributed by atoms with Gasteiger partial charge in [0.2, 0.25) is 0 Å². The summed E-state index contributed by atoms with van der Waals surface area (Å²) in [5.74, 6) is 0.669. The Morgan fingerprint density at radius 2 is 1.89 bits per heavy atom. The van der Waals surface area contributed by atoms with Crippen molar-refractivity contribution in [2.24, 2.45) is 11.8 Å². The van der Waals surface area contributed by atoms with Crippen molar-refractivity contribution in [3.05, 3.63) is 0 Å². The molecule has 0 aliphatic carbocycles. The van der Waals surface area contributed by atoms with Crippen LogP contribution in [0.3, 0.4) is 0 Å². The van der Waals surface area contributed by atoms with Gasteiger partial charge in [-0.05, 0) is 17.4 Å². The summed E-state index contributed by atoms with van der Waals surface area (Å²) >= 11 is 4.74. The molecule has 0 radical (unpaired) electrons. The minimum absolute atomic E-state index is 0.0501.